The lowest BCUT2D eigenvalue weighted by Gasteiger charge is -2.40. The fraction of sp³-hybridized carbons (Fsp3) is 0.882. The van der Waals surface area contributed by atoms with Crippen molar-refractivity contribution in [3.8, 4) is 0 Å². The fourth-order valence-corrected chi connectivity index (χ4v) is 4.25. The maximum atomic E-state index is 12.9. The minimum Gasteiger partial charge on any atom is -0.341 e. The van der Waals surface area contributed by atoms with E-state index in [0.717, 1.165) is 58.4 Å². The van der Waals surface area contributed by atoms with Crippen LogP contribution in [0.5, 0.6) is 0 Å². The molecule has 1 unspecified atom stereocenters. The summed E-state index contributed by atoms with van der Waals surface area (Å²) in [6.07, 6.45) is 5.25. The summed E-state index contributed by atoms with van der Waals surface area (Å²) >= 11 is 0. The van der Waals surface area contributed by atoms with Gasteiger partial charge in [0.25, 0.3) is 0 Å². The molecule has 3 saturated heterocycles. The Morgan fingerprint density at radius 3 is 2.39 bits per heavy atom. The number of likely N-dealkylation sites (tertiary alicyclic amines) is 2. The molecule has 0 radical (unpaired) electrons. The number of hydrogen-bond donors (Lipinski definition) is 1. The van der Waals surface area contributed by atoms with Gasteiger partial charge >= 0.3 is 0 Å². The van der Waals surface area contributed by atoms with Crippen LogP contribution in [-0.4, -0.2) is 60.4 Å². The number of amides is 2. The number of rotatable bonds is 2. The first-order valence-electron chi connectivity index (χ1n) is 8.82. The van der Waals surface area contributed by atoms with E-state index in [2.05, 4.69) is 5.32 Å². The highest BCUT2D eigenvalue weighted by Crippen LogP contribution is 2.37. The summed E-state index contributed by atoms with van der Waals surface area (Å²) in [5.41, 5.74) is 0.430. The lowest BCUT2D eigenvalue weighted by molar-refractivity contribution is -0.146. The van der Waals surface area contributed by atoms with Gasteiger partial charge in [-0.1, -0.05) is 13.8 Å². The van der Waals surface area contributed by atoms with Crippen LogP contribution in [0.4, 0.5) is 0 Å². The Bertz CT molecular complexity index is 439. The predicted molar refractivity (Wildman–Crippen MR) is 92.6 cm³/mol. The fourth-order valence-electron chi connectivity index (χ4n) is 4.25. The van der Waals surface area contributed by atoms with Crippen LogP contribution in [0.2, 0.25) is 0 Å². The van der Waals surface area contributed by atoms with E-state index >= 15 is 0 Å². The van der Waals surface area contributed by atoms with Crippen molar-refractivity contribution in [1.29, 1.82) is 0 Å². The van der Waals surface area contributed by atoms with Gasteiger partial charge in [-0.25, -0.2) is 0 Å². The topological polar surface area (TPSA) is 52.7 Å². The van der Waals surface area contributed by atoms with E-state index < -0.39 is 0 Å². The molecule has 1 atom stereocenters. The summed E-state index contributed by atoms with van der Waals surface area (Å²) in [6.45, 7) is 8.53. The molecule has 3 aliphatic rings. The zero-order valence-electron chi connectivity index (χ0n) is 14.3. The van der Waals surface area contributed by atoms with Crippen LogP contribution in [0.15, 0.2) is 0 Å². The Labute approximate surface area is 145 Å². The summed E-state index contributed by atoms with van der Waals surface area (Å²) in [6, 6.07) is -0.203. The Morgan fingerprint density at radius 1 is 1.13 bits per heavy atom. The van der Waals surface area contributed by atoms with Crippen molar-refractivity contribution in [3.63, 3.8) is 0 Å². The Morgan fingerprint density at radius 2 is 1.83 bits per heavy atom. The molecule has 3 aliphatic heterocycles. The Hall–Kier alpha value is -0.810. The van der Waals surface area contributed by atoms with Crippen LogP contribution in [0.1, 0.15) is 46.0 Å². The molecule has 3 rings (SSSR count). The number of nitrogens with one attached hydrogen (secondary N) is 1. The third-order valence-corrected chi connectivity index (χ3v) is 5.78. The molecule has 0 aromatic heterocycles. The van der Waals surface area contributed by atoms with Crippen molar-refractivity contribution in [1.82, 2.24) is 15.1 Å². The predicted octanol–water partition coefficient (Wildman–Crippen LogP) is 1.66. The average molecular weight is 344 g/mol. The van der Waals surface area contributed by atoms with Crippen molar-refractivity contribution >= 4 is 24.2 Å². The minimum absolute atomic E-state index is 0. The molecule has 0 aromatic rings. The average Bonchev–Trinajstić information content (AvgIpc) is 3.16. The molecular formula is C17H30ClN3O2. The lowest BCUT2D eigenvalue weighted by atomic mass is 9.77. The molecule has 2 amide bonds. The van der Waals surface area contributed by atoms with Gasteiger partial charge in [0.2, 0.25) is 11.8 Å². The number of carbonyl (C=O) groups is 2. The Kier molecular flexibility index (Phi) is 5.95. The summed E-state index contributed by atoms with van der Waals surface area (Å²) in [7, 11) is 0. The van der Waals surface area contributed by atoms with Crippen molar-refractivity contribution in [2.75, 3.05) is 32.7 Å². The number of halogens is 1. The van der Waals surface area contributed by atoms with E-state index in [9.17, 15) is 9.59 Å². The van der Waals surface area contributed by atoms with Crippen molar-refractivity contribution in [2.45, 2.75) is 52.0 Å². The second-order valence-electron chi connectivity index (χ2n) is 7.60. The highest BCUT2D eigenvalue weighted by atomic mass is 35.5. The zero-order chi connectivity index (χ0) is 15.7. The summed E-state index contributed by atoms with van der Waals surface area (Å²) in [4.78, 5) is 29.0. The molecule has 23 heavy (non-hydrogen) atoms. The monoisotopic (exact) mass is 343 g/mol. The molecule has 3 fully saturated rings. The molecule has 132 valence electrons. The van der Waals surface area contributed by atoms with Crippen LogP contribution in [0.25, 0.3) is 0 Å². The SMILES string of the molecule is CC(C)C(=O)N1CCCC1C(=O)N1CCC2(CCNC2)CC1.Cl. The first-order chi connectivity index (χ1) is 10.5. The third kappa shape index (κ3) is 3.66. The molecule has 0 bridgehead atoms. The van der Waals surface area contributed by atoms with Gasteiger partial charge in [-0.05, 0) is 44.1 Å². The largest absolute Gasteiger partial charge is 0.341 e. The number of piperidine rings is 1. The maximum Gasteiger partial charge on any atom is 0.245 e. The van der Waals surface area contributed by atoms with Crippen LogP contribution >= 0.6 is 12.4 Å². The van der Waals surface area contributed by atoms with Gasteiger partial charge in [0, 0.05) is 32.1 Å². The van der Waals surface area contributed by atoms with E-state index in [0.29, 0.717) is 5.41 Å². The first kappa shape index (κ1) is 18.5. The molecule has 1 spiro atoms. The smallest absolute Gasteiger partial charge is 0.245 e. The van der Waals surface area contributed by atoms with Gasteiger partial charge in [0.1, 0.15) is 6.04 Å². The molecule has 0 saturated carbocycles. The molecular weight excluding hydrogens is 314 g/mol. The van der Waals surface area contributed by atoms with Crippen LogP contribution < -0.4 is 5.32 Å². The highest BCUT2D eigenvalue weighted by molar-refractivity contribution is 5.89. The van der Waals surface area contributed by atoms with Gasteiger partial charge in [-0.2, -0.15) is 0 Å². The van der Waals surface area contributed by atoms with Gasteiger partial charge in [-0.15, -0.1) is 12.4 Å². The molecule has 3 heterocycles. The van der Waals surface area contributed by atoms with E-state index in [1.807, 2.05) is 23.6 Å². The number of hydrogen-bond acceptors (Lipinski definition) is 3. The van der Waals surface area contributed by atoms with E-state index in [1.54, 1.807) is 0 Å². The lowest BCUT2D eigenvalue weighted by Crippen LogP contribution is -2.52. The van der Waals surface area contributed by atoms with Crippen molar-refractivity contribution < 1.29 is 9.59 Å². The van der Waals surface area contributed by atoms with Gasteiger partial charge in [0.15, 0.2) is 0 Å². The highest BCUT2D eigenvalue weighted by Gasteiger charge is 2.42. The third-order valence-electron chi connectivity index (χ3n) is 5.78. The quantitative estimate of drug-likeness (QED) is 0.829. The van der Waals surface area contributed by atoms with Crippen LogP contribution in [-0.2, 0) is 9.59 Å². The molecule has 0 aliphatic carbocycles. The van der Waals surface area contributed by atoms with Gasteiger partial charge in [-0.3, -0.25) is 9.59 Å². The van der Waals surface area contributed by atoms with E-state index in [-0.39, 0.29) is 36.2 Å². The molecule has 0 aromatic carbocycles. The maximum absolute atomic E-state index is 12.9. The zero-order valence-corrected chi connectivity index (χ0v) is 15.2. The summed E-state index contributed by atoms with van der Waals surface area (Å²) in [5.74, 6) is 0.291. The minimum atomic E-state index is -0.203. The summed E-state index contributed by atoms with van der Waals surface area (Å²) in [5, 5.41) is 3.46. The number of carbonyl (C=O) groups excluding carboxylic acids is 2. The van der Waals surface area contributed by atoms with E-state index in [4.69, 9.17) is 0 Å². The van der Waals surface area contributed by atoms with E-state index in [1.165, 1.54) is 6.42 Å². The van der Waals surface area contributed by atoms with Gasteiger partial charge < -0.3 is 15.1 Å². The molecule has 6 heteroatoms. The first-order valence-corrected chi connectivity index (χ1v) is 8.82. The van der Waals surface area contributed by atoms with Crippen LogP contribution in [0.3, 0.4) is 0 Å². The second kappa shape index (κ2) is 7.39. The van der Waals surface area contributed by atoms with Crippen LogP contribution in [0, 0.1) is 11.3 Å². The standard InChI is InChI=1S/C17H29N3O2.ClH/c1-13(2)15(21)20-9-3-4-14(20)16(22)19-10-6-17(7-11-19)5-8-18-12-17;/h13-14,18H,3-12H2,1-2H3;1H. The summed E-state index contributed by atoms with van der Waals surface area (Å²) < 4.78 is 0. The van der Waals surface area contributed by atoms with Gasteiger partial charge in [0.05, 0.1) is 0 Å². The number of nitrogens with zero attached hydrogens (tertiary/aromatic N) is 2. The normalized spacial score (nSPS) is 26.7. The second-order valence-corrected chi connectivity index (χ2v) is 7.60. The molecule has 5 nitrogen and oxygen atoms in total. The van der Waals surface area contributed by atoms with Crippen molar-refractivity contribution in [3.05, 3.63) is 0 Å². The molecule has 1 N–H and O–H groups in total. The Balaban J connectivity index is 0.00000192. The van der Waals surface area contributed by atoms with Crippen molar-refractivity contribution in [2.24, 2.45) is 11.3 Å².